The molecule has 3 rings (SSSR count). The van der Waals surface area contributed by atoms with Crippen molar-refractivity contribution in [1.82, 2.24) is 10.2 Å². The summed E-state index contributed by atoms with van der Waals surface area (Å²) in [5.74, 6) is 2.08. The van der Waals surface area contributed by atoms with Crippen molar-refractivity contribution in [1.29, 1.82) is 5.26 Å². The van der Waals surface area contributed by atoms with Gasteiger partial charge in [-0.15, -0.1) is 0 Å². The molecule has 0 aromatic heterocycles. The zero-order valence-corrected chi connectivity index (χ0v) is 11.5. The molecule has 1 heterocycles. The molecule has 18 heavy (non-hydrogen) atoms. The molecule has 1 aliphatic heterocycles. The summed E-state index contributed by atoms with van der Waals surface area (Å²) in [6.07, 6.45) is 4.82. The van der Waals surface area contributed by atoms with Crippen LogP contribution < -0.4 is 5.32 Å². The van der Waals surface area contributed by atoms with E-state index in [4.69, 9.17) is 0 Å². The lowest BCUT2D eigenvalue weighted by Crippen LogP contribution is -2.57. The van der Waals surface area contributed by atoms with Gasteiger partial charge >= 0.3 is 0 Å². The Hall–Kier alpha value is -0.440. The van der Waals surface area contributed by atoms with Crippen LogP contribution in [-0.4, -0.2) is 51.8 Å². The van der Waals surface area contributed by atoms with Gasteiger partial charge in [0.05, 0.1) is 6.07 Å². The van der Waals surface area contributed by atoms with Crippen LogP contribution in [0.1, 0.15) is 25.7 Å². The summed E-state index contributed by atoms with van der Waals surface area (Å²) in [6.45, 7) is 2.59. The summed E-state index contributed by atoms with van der Waals surface area (Å²) in [7, 11) is -0.630. The molecular weight excluding hydrogens is 246 g/mol. The van der Waals surface area contributed by atoms with Crippen molar-refractivity contribution in [2.75, 3.05) is 31.1 Å². The third-order valence-electron chi connectivity index (χ3n) is 4.26. The van der Waals surface area contributed by atoms with Gasteiger partial charge in [-0.05, 0) is 31.6 Å². The lowest BCUT2D eigenvalue weighted by Gasteiger charge is -2.36. The second-order valence-corrected chi connectivity index (χ2v) is 7.60. The van der Waals surface area contributed by atoms with Crippen LogP contribution in [0.3, 0.4) is 0 Å². The third-order valence-corrected chi connectivity index (χ3v) is 5.53. The summed E-state index contributed by atoms with van der Waals surface area (Å²) in [6, 6.07) is 3.15. The summed E-state index contributed by atoms with van der Waals surface area (Å²) in [5.41, 5.74) is -0.333. The van der Waals surface area contributed by atoms with E-state index in [0.717, 1.165) is 31.1 Å². The molecule has 2 aliphatic carbocycles. The summed E-state index contributed by atoms with van der Waals surface area (Å²) >= 11 is 0. The number of nitriles is 1. The molecule has 1 unspecified atom stereocenters. The molecule has 2 saturated carbocycles. The zero-order valence-electron chi connectivity index (χ0n) is 10.7. The van der Waals surface area contributed by atoms with E-state index < -0.39 is 10.8 Å². The Kier molecular flexibility index (Phi) is 3.44. The van der Waals surface area contributed by atoms with Gasteiger partial charge < -0.3 is 0 Å². The van der Waals surface area contributed by atoms with Crippen molar-refractivity contribution >= 4 is 10.8 Å². The highest BCUT2D eigenvalue weighted by molar-refractivity contribution is 7.85. The number of hydrogen-bond acceptors (Lipinski definition) is 4. The van der Waals surface area contributed by atoms with Crippen LogP contribution in [0.5, 0.6) is 0 Å². The maximum atomic E-state index is 11.4. The van der Waals surface area contributed by atoms with Crippen LogP contribution in [0, 0.1) is 17.2 Å². The smallest absolute Gasteiger partial charge is 0.122 e. The van der Waals surface area contributed by atoms with E-state index in [1.807, 2.05) is 0 Å². The largest absolute Gasteiger partial charge is 0.299 e. The molecule has 0 spiro atoms. The van der Waals surface area contributed by atoms with Crippen LogP contribution in [0.2, 0.25) is 0 Å². The van der Waals surface area contributed by atoms with Crippen molar-refractivity contribution in [3.63, 3.8) is 0 Å². The maximum absolute atomic E-state index is 11.4. The molecule has 1 atom stereocenters. The highest BCUT2D eigenvalue weighted by Crippen LogP contribution is 2.41. The predicted octanol–water partition coefficient (Wildman–Crippen LogP) is 0.475. The lowest BCUT2D eigenvalue weighted by atomic mass is 9.93. The fraction of sp³-hybridized carbons (Fsp3) is 0.923. The molecule has 1 N–H and O–H groups in total. The van der Waals surface area contributed by atoms with E-state index in [9.17, 15) is 9.47 Å². The Labute approximate surface area is 111 Å². The third kappa shape index (κ3) is 2.76. The van der Waals surface area contributed by atoms with E-state index in [1.54, 1.807) is 0 Å². The first-order chi connectivity index (χ1) is 8.72. The molecular formula is C13H21N3OS. The van der Waals surface area contributed by atoms with Crippen molar-refractivity contribution in [3.8, 4) is 6.07 Å². The Balaban J connectivity index is 1.65. The van der Waals surface area contributed by atoms with Gasteiger partial charge in [-0.2, -0.15) is 5.26 Å². The van der Waals surface area contributed by atoms with Crippen molar-refractivity contribution in [2.24, 2.45) is 5.92 Å². The molecule has 0 radical (unpaired) electrons. The molecule has 0 amide bonds. The first-order valence-corrected chi connectivity index (χ1v) is 8.47. The Morgan fingerprint density at radius 3 is 2.44 bits per heavy atom. The van der Waals surface area contributed by atoms with Gasteiger partial charge in [0.1, 0.15) is 5.54 Å². The molecule has 5 heteroatoms. The quantitative estimate of drug-likeness (QED) is 0.787. The Bertz CT molecular complexity index is 376. The van der Waals surface area contributed by atoms with Crippen LogP contribution in [0.15, 0.2) is 0 Å². The van der Waals surface area contributed by atoms with E-state index in [0.29, 0.717) is 12.0 Å². The molecule has 100 valence electrons. The van der Waals surface area contributed by atoms with E-state index in [2.05, 4.69) is 16.3 Å². The van der Waals surface area contributed by atoms with Gasteiger partial charge in [0.15, 0.2) is 0 Å². The minimum atomic E-state index is -0.630. The Morgan fingerprint density at radius 1 is 1.28 bits per heavy atom. The van der Waals surface area contributed by atoms with Gasteiger partial charge in [0.2, 0.25) is 0 Å². The maximum Gasteiger partial charge on any atom is 0.122 e. The average Bonchev–Trinajstić information content (AvgIpc) is 3.24. The average molecular weight is 267 g/mol. The molecule has 0 bridgehead atoms. The van der Waals surface area contributed by atoms with E-state index in [-0.39, 0.29) is 5.54 Å². The van der Waals surface area contributed by atoms with Crippen LogP contribution in [0.25, 0.3) is 0 Å². The van der Waals surface area contributed by atoms with Gasteiger partial charge in [-0.3, -0.25) is 14.4 Å². The standard InChI is InChI=1S/C13H21N3OS/c14-9-13(11-1-2-11,15-12-3-4-12)10-16-5-7-18(17)8-6-16/h11-12,15H,1-8,10H2. The highest BCUT2D eigenvalue weighted by Gasteiger charge is 2.49. The summed E-state index contributed by atoms with van der Waals surface area (Å²) < 4.78 is 11.4. The number of nitrogens with one attached hydrogen (secondary N) is 1. The van der Waals surface area contributed by atoms with Gasteiger partial charge in [-0.25, -0.2) is 0 Å². The minimum Gasteiger partial charge on any atom is -0.299 e. The van der Waals surface area contributed by atoms with E-state index >= 15 is 0 Å². The van der Waals surface area contributed by atoms with Crippen LogP contribution >= 0.6 is 0 Å². The van der Waals surface area contributed by atoms with E-state index in [1.165, 1.54) is 25.7 Å². The fourth-order valence-electron chi connectivity index (χ4n) is 2.81. The molecule has 3 aliphatic rings. The number of nitrogens with zero attached hydrogens (tertiary/aromatic N) is 2. The van der Waals surface area contributed by atoms with Crippen molar-refractivity contribution in [2.45, 2.75) is 37.3 Å². The summed E-state index contributed by atoms with van der Waals surface area (Å²) in [4.78, 5) is 2.33. The van der Waals surface area contributed by atoms with Crippen LogP contribution in [0.4, 0.5) is 0 Å². The van der Waals surface area contributed by atoms with Gasteiger partial charge in [-0.1, -0.05) is 0 Å². The molecule has 3 fully saturated rings. The zero-order chi connectivity index (χ0) is 12.6. The predicted molar refractivity (Wildman–Crippen MR) is 71.5 cm³/mol. The van der Waals surface area contributed by atoms with Gasteiger partial charge in [0, 0.05) is 48.0 Å². The monoisotopic (exact) mass is 267 g/mol. The molecule has 4 nitrogen and oxygen atoms in total. The van der Waals surface area contributed by atoms with Crippen molar-refractivity contribution in [3.05, 3.63) is 0 Å². The second kappa shape index (κ2) is 4.92. The lowest BCUT2D eigenvalue weighted by molar-refractivity contribution is 0.207. The SMILES string of the molecule is N#CC(CN1CCS(=O)CC1)(NC1CC1)C1CC1. The first kappa shape index (κ1) is 12.6. The fourth-order valence-corrected chi connectivity index (χ4v) is 3.93. The topological polar surface area (TPSA) is 56.1 Å². The number of hydrogen-bond donors (Lipinski definition) is 1. The highest BCUT2D eigenvalue weighted by atomic mass is 32.2. The summed E-state index contributed by atoms with van der Waals surface area (Å²) in [5, 5.41) is 13.2. The first-order valence-electron chi connectivity index (χ1n) is 6.98. The second-order valence-electron chi connectivity index (χ2n) is 5.90. The van der Waals surface area contributed by atoms with Crippen molar-refractivity contribution < 1.29 is 4.21 Å². The molecule has 0 aromatic rings. The Morgan fingerprint density at radius 2 is 1.94 bits per heavy atom. The minimum absolute atomic E-state index is 0.333. The number of rotatable bonds is 5. The van der Waals surface area contributed by atoms with Crippen LogP contribution in [-0.2, 0) is 10.8 Å². The normalized spacial score (nSPS) is 29.7. The van der Waals surface area contributed by atoms with Gasteiger partial charge in [0.25, 0.3) is 0 Å². The molecule has 0 aromatic carbocycles. The molecule has 1 saturated heterocycles.